The third kappa shape index (κ3) is 6.11. The van der Waals surface area contributed by atoms with Crippen molar-refractivity contribution in [2.45, 2.75) is 44.3 Å². The summed E-state index contributed by atoms with van der Waals surface area (Å²) in [6.45, 7) is 2.54. The lowest BCUT2D eigenvalue weighted by Crippen LogP contribution is -2.35. The molecule has 33 heavy (non-hydrogen) atoms. The Morgan fingerprint density at radius 3 is 2.12 bits per heavy atom. The Morgan fingerprint density at radius 2 is 1.45 bits per heavy atom. The van der Waals surface area contributed by atoms with Gasteiger partial charge in [-0.25, -0.2) is 0 Å². The number of fused-ring (bicyclic) bond motifs is 1. The topological polar surface area (TPSA) is 87.7 Å². The Morgan fingerprint density at radius 1 is 0.879 bits per heavy atom. The van der Waals surface area contributed by atoms with E-state index in [-0.39, 0.29) is 17.9 Å². The molecular formula is C27H30N2O4. The highest BCUT2D eigenvalue weighted by atomic mass is 16.5. The smallest absolute Gasteiger partial charge is 0.251 e. The zero-order valence-corrected chi connectivity index (χ0v) is 18.8. The zero-order valence-electron chi connectivity index (χ0n) is 18.8. The number of nitrogens with one attached hydrogen (secondary N) is 2. The number of aliphatic hydroxyl groups is 1. The van der Waals surface area contributed by atoms with Crippen molar-refractivity contribution >= 4 is 22.6 Å². The molecule has 0 atom stereocenters. The van der Waals surface area contributed by atoms with Crippen LogP contribution in [0.4, 0.5) is 0 Å². The molecule has 0 bridgehead atoms. The molecule has 6 heteroatoms. The Hall–Kier alpha value is -3.38. The van der Waals surface area contributed by atoms with Crippen LogP contribution >= 0.6 is 0 Å². The van der Waals surface area contributed by atoms with Gasteiger partial charge in [-0.2, -0.15) is 0 Å². The molecule has 4 rings (SSSR count). The molecule has 2 amide bonds. The van der Waals surface area contributed by atoms with Crippen LogP contribution < -0.4 is 15.4 Å². The van der Waals surface area contributed by atoms with Gasteiger partial charge in [0.25, 0.3) is 11.8 Å². The van der Waals surface area contributed by atoms with Crippen molar-refractivity contribution in [2.24, 2.45) is 0 Å². The number of carbonyl (C=O) groups excluding carboxylic acids is 2. The highest BCUT2D eigenvalue weighted by molar-refractivity contribution is 5.98. The van der Waals surface area contributed by atoms with E-state index >= 15 is 0 Å². The van der Waals surface area contributed by atoms with Gasteiger partial charge >= 0.3 is 0 Å². The van der Waals surface area contributed by atoms with E-state index in [9.17, 15) is 14.7 Å². The maximum atomic E-state index is 12.4. The van der Waals surface area contributed by atoms with E-state index in [2.05, 4.69) is 10.6 Å². The minimum Gasteiger partial charge on any atom is -0.490 e. The van der Waals surface area contributed by atoms with Gasteiger partial charge in [0.15, 0.2) is 0 Å². The summed E-state index contributed by atoms with van der Waals surface area (Å²) in [4.78, 5) is 24.8. The van der Waals surface area contributed by atoms with Gasteiger partial charge in [-0.05, 0) is 79.8 Å². The van der Waals surface area contributed by atoms with E-state index in [1.807, 2.05) is 43.3 Å². The van der Waals surface area contributed by atoms with Gasteiger partial charge in [0, 0.05) is 24.2 Å². The first-order valence-corrected chi connectivity index (χ1v) is 11.4. The maximum Gasteiger partial charge on any atom is 0.251 e. The minimum atomic E-state index is -0.587. The van der Waals surface area contributed by atoms with Crippen LogP contribution in [-0.2, 0) is 0 Å². The third-order valence-electron chi connectivity index (χ3n) is 6.14. The number of carbonyl (C=O) groups is 2. The summed E-state index contributed by atoms with van der Waals surface area (Å²) >= 11 is 0. The second-order valence-corrected chi connectivity index (χ2v) is 8.91. The summed E-state index contributed by atoms with van der Waals surface area (Å²) in [6, 6.07) is 20.5. The maximum absolute atomic E-state index is 12.4. The lowest BCUT2D eigenvalue weighted by Gasteiger charge is -2.33. The molecule has 1 fully saturated rings. The first-order valence-electron chi connectivity index (χ1n) is 11.4. The molecule has 0 radical (unpaired) electrons. The summed E-state index contributed by atoms with van der Waals surface area (Å²) in [6.07, 6.45) is 3.20. The van der Waals surface area contributed by atoms with Crippen molar-refractivity contribution in [2.75, 3.05) is 13.1 Å². The first-order chi connectivity index (χ1) is 15.9. The van der Waals surface area contributed by atoms with Gasteiger partial charge in [-0.1, -0.05) is 30.3 Å². The summed E-state index contributed by atoms with van der Waals surface area (Å²) < 4.78 is 5.99. The van der Waals surface area contributed by atoms with E-state index in [0.717, 1.165) is 42.2 Å². The molecule has 1 aliphatic carbocycles. The molecule has 0 saturated heterocycles. The van der Waals surface area contributed by atoms with E-state index in [0.29, 0.717) is 24.2 Å². The van der Waals surface area contributed by atoms with E-state index in [1.54, 1.807) is 30.3 Å². The van der Waals surface area contributed by atoms with Crippen LogP contribution in [0.25, 0.3) is 10.8 Å². The number of rotatable bonds is 7. The van der Waals surface area contributed by atoms with Crippen molar-refractivity contribution in [3.8, 4) is 5.75 Å². The largest absolute Gasteiger partial charge is 0.490 e. The molecule has 0 aliphatic heterocycles. The Balaban J connectivity index is 1.20. The molecule has 1 aliphatic rings. The predicted molar refractivity (Wildman–Crippen MR) is 129 cm³/mol. The fraction of sp³-hybridized carbons (Fsp3) is 0.333. The van der Waals surface area contributed by atoms with Crippen LogP contribution in [-0.4, -0.2) is 41.7 Å². The third-order valence-corrected chi connectivity index (χ3v) is 6.14. The zero-order chi connectivity index (χ0) is 23.3. The van der Waals surface area contributed by atoms with Crippen LogP contribution in [0.5, 0.6) is 5.75 Å². The molecule has 1 saturated carbocycles. The molecule has 6 nitrogen and oxygen atoms in total. The Kier molecular flexibility index (Phi) is 6.94. The van der Waals surface area contributed by atoms with Gasteiger partial charge in [0.05, 0.1) is 11.7 Å². The fourth-order valence-electron chi connectivity index (χ4n) is 4.10. The Labute approximate surface area is 194 Å². The van der Waals surface area contributed by atoms with Crippen molar-refractivity contribution in [3.63, 3.8) is 0 Å². The van der Waals surface area contributed by atoms with Crippen molar-refractivity contribution in [1.29, 1.82) is 0 Å². The molecule has 0 heterocycles. The van der Waals surface area contributed by atoms with Crippen LogP contribution in [0.2, 0.25) is 0 Å². The summed E-state index contributed by atoms with van der Waals surface area (Å²) in [5.41, 5.74) is 0.545. The van der Waals surface area contributed by atoms with Gasteiger partial charge in [-0.3, -0.25) is 9.59 Å². The van der Waals surface area contributed by atoms with Gasteiger partial charge < -0.3 is 20.5 Å². The van der Waals surface area contributed by atoms with Crippen molar-refractivity contribution in [1.82, 2.24) is 10.6 Å². The number of hydrogen-bond donors (Lipinski definition) is 3. The molecule has 0 spiro atoms. The molecule has 3 aromatic carbocycles. The summed E-state index contributed by atoms with van der Waals surface area (Å²) in [5.74, 6) is 0.358. The van der Waals surface area contributed by atoms with E-state index in [4.69, 9.17) is 4.74 Å². The second kappa shape index (κ2) is 10.0. The number of amides is 2. The highest BCUT2D eigenvalue weighted by Crippen LogP contribution is 2.30. The second-order valence-electron chi connectivity index (χ2n) is 8.91. The molecular weight excluding hydrogens is 416 g/mol. The molecule has 172 valence electrons. The van der Waals surface area contributed by atoms with Gasteiger partial charge in [0.2, 0.25) is 0 Å². The van der Waals surface area contributed by atoms with Crippen LogP contribution in [0.3, 0.4) is 0 Å². The predicted octanol–water partition coefficient (Wildman–Crippen LogP) is 4.07. The SMILES string of the molecule is CC1(O)CCC(Oc2ccc(C(=O)NCCNC(=O)c3ccc4ccccc4c3)cc2)CC1. The standard InChI is InChI=1S/C27H30N2O4/c1-27(32)14-12-24(13-15-27)33-23-10-8-20(9-11-23)25(30)28-16-17-29-26(31)22-7-6-19-4-2-3-5-21(19)18-22/h2-11,18,24,32H,12-17H2,1H3,(H,28,30)(H,29,31). The normalized spacial score (nSPS) is 20.2. The first kappa shape index (κ1) is 22.8. The average molecular weight is 447 g/mol. The van der Waals surface area contributed by atoms with Crippen LogP contribution in [0.15, 0.2) is 66.7 Å². The number of benzene rings is 3. The molecule has 0 aromatic heterocycles. The monoisotopic (exact) mass is 446 g/mol. The summed E-state index contributed by atoms with van der Waals surface area (Å²) in [5, 5.41) is 17.8. The highest BCUT2D eigenvalue weighted by Gasteiger charge is 2.29. The van der Waals surface area contributed by atoms with Gasteiger partial charge in [0.1, 0.15) is 5.75 Å². The molecule has 0 unspecified atom stereocenters. The lowest BCUT2D eigenvalue weighted by atomic mass is 9.85. The van der Waals surface area contributed by atoms with Gasteiger partial charge in [-0.15, -0.1) is 0 Å². The van der Waals surface area contributed by atoms with Crippen LogP contribution in [0, 0.1) is 0 Å². The number of ether oxygens (including phenoxy) is 1. The average Bonchev–Trinajstić information content (AvgIpc) is 2.83. The minimum absolute atomic E-state index is 0.0936. The fourth-order valence-corrected chi connectivity index (χ4v) is 4.10. The number of hydrogen-bond acceptors (Lipinski definition) is 4. The van der Waals surface area contributed by atoms with Crippen molar-refractivity contribution < 1.29 is 19.4 Å². The summed E-state index contributed by atoms with van der Waals surface area (Å²) in [7, 11) is 0. The van der Waals surface area contributed by atoms with E-state index in [1.165, 1.54) is 0 Å². The van der Waals surface area contributed by atoms with E-state index < -0.39 is 5.60 Å². The quantitative estimate of drug-likeness (QED) is 0.478. The molecule has 3 N–H and O–H groups in total. The Bertz CT molecular complexity index is 1110. The lowest BCUT2D eigenvalue weighted by molar-refractivity contribution is -0.0108. The van der Waals surface area contributed by atoms with Crippen molar-refractivity contribution in [3.05, 3.63) is 77.9 Å². The molecule has 3 aromatic rings. The van der Waals surface area contributed by atoms with Crippen LogP contribution in [0.1, 0.15) is 53.3 Å².